The van der Waals surface area contributed by atoms with Gasteiger partial charge in [0.15, 0.2) is 0 Å². The first-order valence-electron chi connectivity index (χ1n) is 4.09. The summed E-state index contributed by atoms with van der Waals surface area (Å²) in [4.78, 5) is 10.4. The monoisotopic (exact) mass is 176 g/mol. The fourth-order valence-corrected chi connectivity index (χ4v) is 0.746. The second-order valence-corrected chi connectivity index (χ2v) is 2.56. The minimum absolute atomic E-state index is 0.0205. The Bertz CT molecular complexity index is 124. The molecule has 4 heteroatoms. The average Bonchev–Trinajstić information content (AvgIpc) is 2.10. The second kappa shape index (κ2) is 6.91. The van der Waals surface area contributed by atoms with Crippen LogP contribution in [0.25, 0.3) is 0 Å². The highest BCUT2D eigenvalue weighted by molar-refractivity contribution is 5.59. The fourth-order valence-electron chi connectivity index (χ4n) is 0.746. The van der Waals surface area contributed by atoms with Crippen molar-refractivity contribution in [3.63, 3.8) is 0 Å². The molecule has 0 rings (SSSR count). The molecule has 12 heavy (non-hydrogen) atoms. The molecule has 0 aromatic rings. The fraction of sp³-hybridized carbons (Fsp3) is 0.875. The van der Waals surface area contributed by atoms with Gasteiger partial charge in [0.25, 0.3) is 0 Å². The molecule has 0 aliphatic carbocycles. The van der Waals surface area contributed by atoms with Crippen molar-refractivity contribution in [1.82, 2.24) is 0 Å². The van der Waals surface area contributed by atoms with Crippen molar-refractivity contribution in [3.05, 3.63) is 0 Å². The molecule has 1 atom stereocenters. The van der Waals surface area contributed by atoms with Crippen LogP contribution in [0.15, 0.2) is 0 Å². The van der Waals surface area contributed by atoms with Gasteiger partial charge in [-0.15, -0.1) is 0 Å². The normalized spacial score (nSPS) is 12.2. The second-order valence-electron chi connectivity index (χ2n) is 2.56. The van der Waals surface area contributed by atoms with Crippen molar-refractivity contribution >= 4 is 6.16 Å². The van der Waals surface area contributed by atoms with Crippen LogP contribution >= 0.6 is 0 Å². The van der Waals surface area contributed by atoms with Crippen LogP contribution in [0.3, 0.4) is 0 Å². The van der Waals surface area contributed by atoms with Gasteiger partial charge in [-0.25, -0.2) is 4.79 Å². The molecule has 0 heterocycles. The minimum Gasteiger partial charge on any atom is -0.438 e. The standard InChI is InChI=1S/C8H16O4/c1-3-4-5-7(9)6-12-8(10)11-2/h7,9H,3-6H2,1-2H3. The van der Waals surface area contributed by atoms with Crippen molar-refractivity contribution < 1.29 is 19.4 Å². The van der Waals surface area contributed by atoms with Gasteiger partial charge in [0.1, 0.15) is 6.61 Å². The molecule has 1 unspecified atom stereocenters. The van der Waals surface area contributed by atoms with Crippen LogP contribution in [-0.2, 0) is 9.47 Å². The molecule has 0 aliphatic heterocycles. The molecule has 4 nitrogen and oxygen atoms in total. The van der Waals surface area contributed by atoms with Crippen LogP contribution in [0.4, 0.5) is 4.79 Å². The van der Waals surface area contributed by atoms with E-state index in [2.05, 4.69) is 9.47 Å². The van der Waals surface area contributed by atoms with E-state index in [1.54, 1.807) is 0 Å². The summed E-state index contributed by atoms with van der Waals surface area (Å²) in [6.45, 7) is 2.06. The molecule has 0 saturated heterocycles. The molecule has 72 valence electrons. The topological polar surface area (TPSA) is 55.8 Å². The zero-order valence-electron chi connectivity index (χ0n) is 7.58. The SMILES string of the molecule is CCCCC(O)COC(=O)OC. The number of aliphatic hydroxyl groups excluding tert-OH is 1. The maximum absolute atomic E-state index is 10.4. The first-order valence-corrected chi connectivity index (χ1v) is 4.09. The van der Waals surface area contributed by atoms with Crippen LogP contribution in [0, 0.1) is 0 Å². The van der Waals surface area contributed by atoms with Crippen molar-refractivity contribution in [2.45, 2.75) is 32.3 Å². The Morgan fingerprint density at radius 1 is 1.58 bits per heavy atom. The van der Waals surface area contributed by atoms with E-state index in [1.165, 1.54) is 7.11 Å². The Morgan fingerprint density at radius 2 is 2.25 bits per heavy atom. The highest BCUT2D eigenvalue weighted by atomic mass is 16.7. The first-order chi connectivity index (χ1) is 5.70. The molecule has 0 spiro atoms. The van der Waals surface area contributed by atoms with E-state index < -0.39 is 12.3 Å². The maximum Gasteiger partial charge on any atom is 0.508 e. The van der Waals surface area contributed by atoms with Crippen LogP contribution in [0.5, 0.6) is 0 Å². The summed E-state index contributed by atoms with van der Waals surface area (Å²) in [6, 6.07) is 0. The molecular formula is C8H16O4. The molecule has 0 aliphatic rings. The predicted octanol–water partition coefficient (Wildman–Crippen LogP) is 1.32. The quantitative estimate of drug-likeness (QED) is 0.642. The summed E-state index contributed by atoms with van der Waals surface area (Å²) in [5, 5.41) is 9.19. The third-order valence-corrected chi connectivity index (χ3v) is 1.45. The van der Waals surface area contributed by atoms with Crippen molar-refractivity contribution in [2.75, 3.05) is 13.7 Å². The number of rotatable bonds is 5. The number of methoxy groups -OCH3 is 1. The number of unbranched alkanes of at least 4 members (excludes halogenated alkanes) is 1. The zero-order chi connectivity index (χ0) is 9.40. The molecule has 1 N–H and O–H groups in total. The number of hydrogen-bond acceptors (Lipinski definition) is 4. The lowest BCUT2D eigenvalue weighted by molar-refractivity contribution is 0.0259. The van der Waals surface area contributed by atoms with E-state index in [0.29, 0.717) is 6.42 Å². The molecule has 0 saturated carbocycles. The van der Waals surface area contributed by atoms with Gasteiger partial charge in [-0.1, -0.05) is 19.8 Å². The molecule has 0 radical (unpaired) electrons. The van der Waals surface area contributed by atoms with E-state index in [9.17, 15) is 9.90 Å². The molecule has 0 bridgehead atoms. The molecular weight excluding hydrogens is 160 g/mol. The van der Waals surface area contributed by atoms with Gasteiger partial charge in [0.2, 0.25) is 0 Å². The average molecular weight is 176 g/mol. The lowest BCUT2D eigenvalue weighted by Gasteiger charge is -2.09. The number of hydrogen-bond donors (Lipinski definition) is 1. The summed E-state index contributed by atoms with van der Waals surface area (Å²) >= 11 is 0. The number of ether oxygens (including phenoxy) is 2. The van der Waals surface area contributed by atoms with E-state index in [0.717, 1.165) is 12.8 Å². The third kappa shape index (κ3) is 5.97. The van der Waals surface area contributed by atoms with E-state index >= 15 is 0 Å². The molecule has 0 aromatic heterocycles. The van der Waals surface area contributed by atoms with Gasteiger partial charge in [0.05, 0.1) is 13.2 Å². The van der Waals surface area contributed by atoms with E-state index in [4.69, 9.17) is 0 Å². The smallest absolute Gasteiger partial charge is 0.438 e. The van der Waals surface area contributed by atoms with E-state index in [1.807, 2.05) is 6.92 Å². The largest absolute Gasteiger partial charge is 0.508 e. The van der Waals surface area contributed by atoms with Crippen molar-refractivity contribution in [2.24, 2.45) is 0 Å². The van der Waals surface area contributed by atoms with Crippen LogP contribution in [-0.4, -0.2) is 31.1 Å². The Labute approximate surface area is 72.5 Å². The Balaban J connectivity index is 3.30. The summed E-state index contributed by atoms with van der Waals surface area (Å²) in [6.07, 6.45) is 1.31. The lowest BCUT2D eigenvalue weighted by atomic mass is 10.2. The lowest BCUT2D eigenvalue weighted by Crippen LogP contribution is -2.18. The Morgan fingerprint density at radius 3 is 2.75 bits per heavy atom. The molecule has 0 aromatic carbocycles. The third-order valence-electron chi connectivity index (χ3n) is 1.45. The van der Waals surface area contributed by atoms with Gasteiger partial charge >= 0.3 is 6.16 Å². The van der Waals surface area contributed by atoms with Gasteiger partial charge in [-0.05, 0) is 6.42 Å². The van der Waals surface area contributed by atoms with Crippen LogP contribution in [0.1, 0.15) is 26.2 Å². The number of carbonyl (C=O) groups is 1. The zero-order valence-corrected chi connectivity index (χ0v) is 7.58. The first kappa shape index (κ1) is 11.2. The van der Waals surface area contributed by atoms with Gasteiger partial charge < -0.3 is 14.6 Å². The highest BCUT2D eigenvalue weighted by Crippen LogP contribution is 2.00. The van der Waals surface area contributed by atoms with Crippen LogP contribution in [0.2, 0.25) is 0 Å². The minimum atomic E-state index is -0.745. The predicted molar refractivity (Wildman–Crippen MR) is 43.9 cm³/mol. The Kier molecular flexibility index (Phi) is 6.47. The molecule has 0 fully saturated rings. The maximum atomic E-state index is 10.4. The van der Waals surface area contributed by atoms with Crippen molar-refractivity contribution in [1.29, 1.82) is 0 Å². The summed E-state index contributed by atoms with van der Waals surface area (Å²) in [5.41, 5.74) is 0. The van der Waals surface area contributed by atoms with Gasteiger partial charge in [0, 0.05) is 0 Å². The number of aliphatic hydroxyl groups is 1. The summed E-state index contributed by atoms with van der Waals surface area (Å²) in [7, 11) is 1.24. The van der Waals surface area contributed by atoms with Gasteiger partial charge in [-0.3, -0.25) is 0 Å². The van der Waals surface area contributed by atoms with Crippen LogP contribution < -0.4 is 0 Å². The highest BCUT2D eigenvalue weighted by Gasteiger charge is 2.07. The summed E-state index contributed by atoms with van der Waals surface area (Å²) < 4.78 is 8.77. The number of carbonyl (C=O) groups excluding carboxylic acids is 1. The van der Waals surface area contributed by atoms with E-state index in [-0.39, 0.29) is 6.61 Å². The van der Waals surface area contributed by atoms with Crippen molar-refractivity contribution in [3.8, 4) is 0 Å². The molecule has 0 amide bonds. The van der Waals surface area contributed by atoms with Gasteiger partial charge in [-0.2, -0.15) is 0 Å². The Hall–Kier alpha value is -0.770. The summed E-state index contributed by atoms with van der Waals surface area (Å²) in [5.74, 6) is 0.